The quantitative estimate of drug-likeness (QED) is 0.872. The Morgan fingerprint density at radius 3 is 2.67 bits per heavy atom. The maximum atomic E-state index is 5.96. The average Bonchev–Trinajstić information content (AvgIpc) is 2.35. The van der Waals surface area contributed by atoms with E-state index in [4.69, 9.17) is 38.4 Å². The highest BCUT2D eigenvalue weighted by molar-refractivity contribution is 6.35. The summed E-state index contributed by atoms with van der Waals surface area (Å²) in [6.07, 6.45) is 1.44. The number of nitrogens with two attached hydrogens (primary N) is 1. The van der Waals surface area contributed by atoms with Crippen LogP contribution in [0.25, 0.3) is 0 Å². The Labute approximate surface area is 114 Å². The SMILES string of the molecule is COc1ccc(N)c(Oc2ncc(Cl)cc2Cl)c1. The summed E-state index contributed by atoms with van der Waals surface area (Å²) < 4.78 is 10.6. The third-order valence-electron chi connectivity index (χ3n) is 2.20. The van der Waals surface area contributed by atoms with Crippen LogP contribution < -0.4 is 15.2 Å². The normalized spacial score (nSPS) is 10.2. The van der Waals surface area contributed by atoms with Crippen molar-refractivity contribution in [2.24, 2.45) is 0 Å². The van der Waals surface area contributed by atoms with Gasteiger partial charge in [0.15, 0.2) is 5.75 Å². The van der Waals surface area contributed by atoms with Gasteiger partial charge in [0.25, 0.3) is 0 Å². The first-order valence-electron chi connectivity index (χ1n) is 5.02. The molecule has 0 unspecified atom stereocenters. The first-order valence-corrected chi connectivity index (χ1v) is 5.78. The predicted molar refractivity (Wildman–Crippen MR) is 71.7 cm³/mol. The second-order valence-electron chi connectivity index (χ2n) is 3.45. The van der Waals surface area contributed by atoms with E-state index in [9.17, 15) is 0 Å². The Bertz CT molecular complexity index is 576. The second kappa shape index (κ2) is 5.33. The predicted octanol–water partition coefficient (Wildman–Crippen LogP) is 3.77. The number of ether oxygens (including phenoxy) is 2. The van der Waals surface area contributed by atoms with Crippen LogP contribution in [0.5, 0.6) is 17.4 Å². The highest BCUT2D eigenvalue weighted by atomic mass is 35.5. The van der Waals surface area contributed by atoms with E-state index in [-0.39, 0.29) is 5.88 Å². The topological polar surface area (TPSA) is 57.4 Å². The van der Waals surface area contributed by atoms with Crippen LogP contribution in [0.3, 0.4) is 0 Å². The van der Waals surface area contributed by atoms with Crippen LogP contribution in [0.1, 0.15) is 0 Å². The molecule has 94 valence electrons. The number of pyridine rings is 1. The average molecular weight is 285 g/mol. The first kappa shape index (κ1) is 12.8. The van der Waals surface area contributed by atoms with Crippen molar-refractivity contribution >= 4 is 28.9 Å². The monoisotopic (exact) mass is 284 g/mol. The molecule has 0 aliphatic rings. The van der Waals surface area contributed by atoms with Gasteiger partial charge in [-0.05, 0) is 18.2 Å². The van der Waals surface area contributed by atoms with Crippen LogP contribution in [0.2, 0.25) is 10.0 Å². The van der Waals surface area contributed by atoms with Gasteiger partial charge in [-0.25, -0.2) is 4.98 Å². The number of nitrogen functional groups attached to an aromatic ring is 1. The van der Waals surface area contributed by atoms with Gasteiger partial charge >= 0.3 is 0 Å². The summed E-state index contributed by atoms with van der Waals surface area (Å²) in [5, 5.41) is 0.746. The summed E-state index contributed by atoms with van der Waals surface area (Å²) in [6.45, 7) is 0. The number of methoxy groups -OCH3 is 1. The highest BCUT2D eigenvalue weighted by Gasteiger charge is 2.09. The molecule has 6 heteroatoms. The lowest BCUT2D eigenvalue weighted by atomic mass is 10.3. The van der Waals surface area contributed by atoms with Gasteiger partial charge in [-0.15, -0.1) is 0 Å². The summed E-state index contributed by atoms with van der Waals surface area (Å²) in [6, 6.07) is 6.61. The van der Waals surface area contributed by atoms with Crippen molar-refractivity contribution in [2.75, 3.05) is 12.8 Å². The lowest BCUT2D eigenvalue weighted by molar-refractivity contribution is 0.408. The molecule has 4 nitrogen and oxygen atoms in total. The maximum Gasteiger partial charge on any atom is 0.238 e. The summed E-state index contributed by atoms with van der Waals surface area (Å²) in [5.74, 6) is 1.29. The highest BCUT2D eigenvalue weighted by Crippen LogP contribution is 2.34. The molecule has 1 heterocycles. The third-order valence-corrected chi connectivity index (χ3v) is 2.68. The molecular formula is C12H10Cl2N2O2. The standard InChI is InChI=1S/C12H10Cl2N2O2/c1-17-8-2-3-10(15)11(5-8)18-12-9(14)4-7(13)6-16-12/h2-6H,15H2,1H3. The fraction of sp³-hybridized carbons (Fsp3) is 0.0833. The van der Waals surface area contributed by atoms with Crippen molar-refractivity contribution in [3.8, 4) is 17.4 Å². The van der Waals surface area contributed by atoms with Gasteiger partial charge in [0, 0.05) is 12.3 Å². The molecule has 2 rings (SSSR count). The van der Waals surface area contributed by atoms with E-state index >= 15 is 0 Å². The smallest absolute Gasteiger partial charge is 0.238 e. The van der Waals surface area contributed by atoms with Crippen LogP contribution in [0.15, 0.2) is 30.5 Å². The molecule has 0 radical (unpaired) electrons. The first-order chi connectivity index (χ1) is 8.60. The van der Waals surface area contributed by atoms with Crippen molar-refractivity contribution < 1.29 is 9.47 Å². The van der Waals surface area contributed by atoms with Gasteiger partial charge in [-0.2, -0.15) is 0 Å². The van der Waals surface area contributed by atoms with Crippen LogP contribution in [0, 0.1) is 0 Å². The molecule has 0 fully saturated rings. The molecule has 1 aromatic carbocycles. The number of aromatic nitrogens is 1. The molecule has 2 aromatic rings. The fourth-order valence-corrected chi connectivity index (χ4v) is 1.73. The zero-order chi connectivity index (χ0) is 13.1. The summed E-state index contributed by atoms with van der Waals surface area (Å²) in [7, 11) is 1.56. The van der Waals surface area contributed by atoms with Crippen molar-refractivity contribution in [1.29, 1.82) is 0 Å². The van der Waals surface area contributed by atoms with E-state index in [0.29, 0.717) is 27.2 Å². The van der Waals surface area contributed by atoms with Crippen LogP contribution in [-0.2, 0) is 0 Å². The minimum absolute atomic E-state index is 0.237. The van der Waals surface area contributed by atoms with E-state index in [0.717, 1.165) is 0 Å². The van der Waals surface area contributed by atoms with Crippen molar-refractivity contribution in [1.82, 2.24) is 4.98 Å². The lowest BCUT2D eigenvalue weighted by Gasteiger charge is -2.10. The Morgan fingerprint density at radius 1 is 1.22 bits per heavy atom. The molecular weight excluding hydrogens is 275 g/mol. The van der Waals surface area contributed by atoms with E-state index in [2.05, 4.69) is 4.98 Å². The maximum absolute atomic E-state index is 5.96. The molecule has 18 heavy (non-hydrogen) atoms. The number of anilines is 1. The molecule has 0 spiro atoms. The molecule has 0 aliphatic carbocycles. The zero-order valence-corrected chi connectivity index (χ0v) is 11.0. The van der Waals surface area contributed by atoms with E-state index in [1.54, 1.807) is 31.4 Å². The molecule has 0 saturated carbocycles. The minimum atomic E-state index is 0.237. The summed E-state index contributed by atoms with van der Waals surface area (Å²) >= 11 is 11.7. The molecule has 0 atom stereocenters. The van der Waals surface area contributed by atoms with E-state index < -0.39 is 0 Å². The molecule has 0 aliphatic heterocycles. The third kappa shape index (κ3) is 2.78. The number of hydrogen-bond donors (Lipinski definition) is 1. The Balaban J connectivity index is 2.33. The number of nitrogens with zero attached hydrogens (tertiary/aromatic N) is 1. The number of halogens is 2. The van der Waals surface area contributed by atoms with E-state index in [1.165, 1.54) is 6.20 Å². The van der Waals surface area contributed by atoms with Gasteiger partial charge < -0.3 is 15.2 Å². The second-order valence-corrected chi connectivity index (χ2v) is 4.29. The number of benzene rings is 1. The summed E-state index contributed by atoms with van der Waals surface area (Å²) in [4.78, 5) is 3.99. The van der Waals surface area contributed by atoms with Crippen LogP contribution in [0.4, 0.5) is 5.69 Å². The molecule has 1 aromatic heterocycles. The largest absolute Gasteiger partial charge is 0.497 e. The van der Waals surface area contributed by atoms with Gasteiger partial charge in [0.05, 0.1) is 17.8 Å². The zero-order valence-electron chi connectivity index (χ0n) is 9.48. The molecule has 0 bridgehead atoms. The molecule has 2 N–H and O–H groups in total. The number of rotatable bonds is 3. The van der Waals surface area contributed by atoms with E-state index in [1.807, 2.05) is 0 Å². The van der Waals surface area contributed by atoms with Crippen molar-refractivity contribution in [2.45, 2.75) is 0 Å². The van der Waals surface area contributed by atoms with Gasteiger partial charge in [0.1, 0.15) is 10.8 Å². The van der Waals surface area contributed by atoms with Gasteiger partial charge in [-0.3, -0.25) is 0 Å². The van der Waals surface area contributed by atoms with Gasteiger partial charge in [0.2, 0.25) is 5.88 Å². The minimum Gasteiger partial charge on any atom is -0.497 e. The number of hydrogen-bond acceptors (Lipinski definition) is 4. The van der Waals surface area contributed by atoms with Crippen molar-refractivity contribution in [3.05, 3.63) is 40.5 Å². The van der Waals surface area contributed by atoms with Crippen LogP contribution in [-0.4, -0.2) is 12.1 Å². The molecule has 0 amide bonds. The van der Waals surface area contributed by atoms with Crippen molar-refractivity contribution in [3.63, 3.8) is 0 Å². The van der Waals surface area contributed by atoms with Gasteiger partial charge in [-0.1, -0.05) is 23.2 Å². The lowest BCUT2D eigenvalue weighted by Crippen LogP contribution is -1.95. The molecule has 0 saturated heterocycles. The van der Waals surface area contributed by atoms with Crippen LogP contribution >= 0.6 is 23.2 Å². The summed E-state index contributed by atoms with van der Waals surface area (Å²) in [5.41, 5.74) is 6.26. The Hall–Kier alpha value is -1.65. The Morgan fingerprint density at radius 2 is 2.00 bits per heavy atom. The Kier molecular flexibility index (Phi) is 3.79. The fourth-order valence-electron chi connectivity index (χ4n) is 1.31.